The third kappa shape index (κ3) is 6.33. The van der Waals surface area contributed by atoms with Crippen LogP contribution in [0, 0.1) is 18.6 Å². The number of carbonyl (C=O) groups excluding carboxylic acids is 2. The van der Waals surface area contributed by atoms with Crippen LogP contribution >= 0.6 is 0 Å². The fourth-order valence-electron chi connectivity index (χ4n) is 3.27. The van der Waals surface area contributed by atoms with Crippen LogP contribution in [0.4, 0.5) is 14.6 Å². The van der Waals surface area contributed by atoms with E-state index in [1.54, 1.807) is 13.0 Å². The van der Waals surface area contributed by atoms with Crippen molar-refractivity contribution in [2.24, 2.45) is 0 Å². The number of nitrogens with one attached hydrogen (secondary N) is 2. The summed E-state index contributed by atoms with van der Waals surface area (Å²) < 4.78 is 32.1. The van der Waals surface area contributed by atoms with Gasteiger partial charge < -0.3 is 15.2 Å². The first kappa shape index (κ1) is 21.8. The molecule has 8 nitrogen and oxygen atoms in total. The van der Waals surface area contributed by atoms with Crippen LogP contribution in [0.1, 0.15) is 11.3 Å². The number of aromatic nitrogens is 1. The van der Waals surface area contributed by atoms with Crippen LogP contribution in [0.3, 0.4) is 0 Å². The number of hydrogen-bond acceptors (Lipinski definition) is 6. The summed E-state index contributed by atoms with van der Waals surface area (Å²) in [5, 5.41) is 9.11. The van der Waals surface area contributed by atoms with Crippen LogP contribution in [0.2, 0.25) is 0 Å². The Morgan fingerprint density at radius 1 is 1.07 bits per heavy atom. The van der Waals surface area contributed by atoms with E-state index in [1.165, 1.54) is 18.2 Å². The van der Waals surface area contributed by atoms with Gasteiger partial charge in [-0.05, 0) is 25.5 Å². The third-order valence-electron chi connectivity index (χ3n) is 4.85. The highest BCUT2D eigenvalue weighted by atomic mass is 19.1. The van der Waals surface area contributed by atoms with Gasteiger partial charge in [0.05, 0.1) is 13.1 Å². The zero-order valence-corrected chi connectivity index (χ0v) is 16.8. The highest BCUT2D eigenvalue weighted by Crippen LogP contribution is 2.12. The Kier molecular flexibility index (Phi) is 7.47. The molecule has 1 fully saturated rings. The molecule has 0 unspecified atom stereocenters. The van der Waals surface area contributed by atoms with E-state index >= 15 is 0 Å². The number of aryl methyl sites for hydroxylation is 1. The Morgan fingerprint density at radius 3 is 2.23 bits per heavy atom. The molecule has 2 aromatic rings. The number of benzene rings is 1. The molecule has 0 atom stereocenters. The first-order valence-corrected chi connectivity index (χ1v) is 9.78. The van der Waals surface area contributed by atoms with Gasteiger partial charge >= 0.3 is 0 Å². The van der Waals surface area contributed by atoms with Crippen molar-refractivity contribution in [3.05, 3.63) is 47.2 Å². The Morgan fingerprint density at radius 2 is 1.67 bits per heavy atom. The van der Waals surface area contributed by atoms with E-state index in [-0.39, 0.29) is 43.4 Å². The predicted molar refractivity (Wildman–Crippen MR) is 106 cm³/mol. The lowest BCUT2D eigenvalue weighted by Gasteiger charge is -2.33. The monoisotopic (exact) mass is 421 g/mol. The molecule has 3 rings (SSSR count). The number of piperazine rings is 1. The van der Waals surface area contributed by atoms with Crippen LogP contribution in [-0.4, -0.2) is 72.6 Å². The van der Waals surface area contributed by atoms with Crippen molar-refractivity contribution in [1.82, 2.24) is 20.3 Å². The highest BCUT2D eigenvalue weighted by molar-refractivity contribution is 5.91. The lowest BCUT2D eigenvalue weighted by Crippen LogP contribution is -2.51. The molecular weight excluding hydrogens is 396 g/mol. The van der Waals surface area contributed by atoms with Crippen LogP contribution in [0.5, 0.6) is 0 Å². The fraction of sp³-hybridized carbons (Fsp3) is 0.450. The topological polar surface area (TPSA) is 90.7 Å². The Hall–Kier alpha value is -2.85. The summed E-state index contributed by atoms with van der Waals surface area (Å²) >= 11 is 0. The van der Waals surface area contributed by atoms with E-state index in [2.05, 4.69) is 15.8 Å². The molecule has 0 spiro atoms. The van der Waals surface area contributed by atoms with E-state index in [0.29, 0.717) is 37.8 Å². The van der Waals surface area contributed by atoms with Gasteiger partial charge in [-0.3, -0.25) is 19.4 Å². The number of halogens is 2. The number of nitrogens with zero attached hydrogens (tertiary/aromatic N) is 3. The number of amides is 2. The van der Waals surface area contributed by atoms with E-state index in [9.17, 15) is 18.4 Å². The van der Waals surface area contributed by atoms with Gasteiger partial charge in [-0.2, -0.15) is 0 Å². The van der Waals surface area contributed by atoms with Gasteiger partial charge in [-0.25, -0.2) is 8.78 Å². The number of carbonyl (C=O) groups is 2. The number of rotatable bonds is 8. The molecular formula is C20H25F2N5O3. The second-order valence-electron chi connectivity index (χ2n) is 7.22. The van der Waals surface area contributed by atoms with Crippen molar-refractivity contribution in [2.45, 2.75) is 13.3 Å². The maximum atomic E-state index is 13.6. The fourth-order valence-corrected chi connectivity index (χ4v) is 3.27. The van der Waals surface area contributed by atoms with Gasteiger partial charge in [0.25, 0.3) is 0 Å². The quantitative estimate of drug-likeness (QED) is 0.665. The molecule has 0 aliphatic carbocycles. The normalized spacial score (nSPS) is 15.2. The molecule has 0 bridgehead atoms. The summed E-state index contributed by atoms with van der Waals surface area (Å²) in [4.78, 5) is 28.1. The van der Waals surface area contributed by atoms with Gasteiger partial charge in [-0.15, -0.1) is 0 Å². The van der Waals surface area contributed by atoms with Crippen molar-refractivity contribution in [1.29, 1.82) is 0 Å². The minimum Gasteiger partial charge on any atom is -0.360 e. The first-order valence-electron chi connectivity index (χ1n) is 9.78. The second kappa shape index (κ2) is 10.3. The Labute approximate surface area is 173 Å². The van der Waals surface area contributed by atoms with Crippen molar-refractivity contribution < 1.29 is 22.9 Å². The Bertz CT molecular complexity index is 861. The largest absolute Gasteiger partial charge is 0.360 e. The third-order valence-corrected chi connectivity index (χ3v) is 4.85. The molecule has 1 aliphatic rings. The summed E-state index contributed by atoms with van der Waals surface area (Å²) in [5.74, 6) is -0.570. The molecule has 0 radical (unpaired) electrons. The molecule has 2 amide bonds. The van der Waals surface area contributed by atoms with Crippen LogP contribution in [-0.2, 0) is 16.0 Å². The van der Waals surface area contributed by atoms with Gasteiger partial charge in [0.15, 0.2) is 5.82 Å². The first-order chi connectivity index (χ1) is 14.4. The molecule has 0 saturated carbocycles. The molecule has 1 saturated heterocycles. The lowest BCUT2D eigenvalue weighted by atomic mass is 10.1. The predicted octanol–water partition coefficient (Wildman–Crippen LogP) is 1.18. The minimum absolute atomic E-state index is 0.0227. The molecule has 2 N–H and O–H groups in total. The van der Waals surface area contributed by atoms with E-state index in [4.69, 9.17) is 4.52 Å². The molecule has 30 heavy (non-hydrogen) atoms. The molecule has 162 valence electrons. The van der Waals surface area contributed by atoms with Gasteiger partial charge in [0, 0.05) is 44.4 Å². The summed E-state index contributed by atoms with van der Waals surface area (Å²) in [6.45, 7) is 4.95. The zero-order valence-electron chi connectivity index (χ0n) is 16.8. The van der Waals surface area contributed by atoms with Gasteiger partial charge in [0.2, 0.25) is 11.8 Å². The average molecular weight is 421 g/mol. The molecule has 1 aromatic carbocycles. The standard InChI is InChI=1S/C20H25F2N5O3/c1-14-11-18(25-30-14)24-20(29)13-27-9-7-26(8-10-27)12-19(28)23-6-5-15-16(21)3-2-4-17(15)22/h2-4,11H,5-10,12-13H2,1H3,(H,23,28)(H,24,25,29). The van der Waals surface area contributed by atoms with Crippen LogP contribution in [0.15, 0.2) is 28.8 Å². The van der Waals surface area contributed by atoms with Crippen molar-refractivity contribution >= 4 is 17.6 Å². The lowest BCUT2D eigenvalue weighted by molar-refractivity contribution is -0.123. The summed E-state index contributed by atoms with van der Waals surface area (Å²) in [6.07, 6.45) is 0.0954. The van der Waals surface area contributed by atoms with Crippen LogP contribution < -0.4 is 10.6 Å². The van der Waals surface area contributed by atoms with Gasteiger partial charge in [0.1, 0.15) is 17.4 Å². The van der Waals surface area contributed by atoms with E-state index in [0.717, 1.165) is 0 Å². The highest BCUT2D eigenvalue weighted by Gasteiger charge is 2.21. The SMILES string of the molecule is Cc1cc(NC(=O)CN2CCN(CC(=O)NCCc3c(F)cccc3F)CC2)no1. The van der Waals surface area contributed by atoms with Crippen LogP contribution in [0.25, 0.3) is 0 Å². The summed E-state index contributed by atoms with van der Waals surface area (Å²) in [6, 6.07) is 5.36. The maximum Gasteiger partial charge on any atom is 0.239 e. The van der Waals surface area contributed by atoms with Crippen molar-refractivity contribution in [2.75, 3.05) is 51.1 Å². The Balaban J connectivity index is 1.33. The van der Waals surface area contributed by atoms with Gasteiger partial charge in [-0.1, -0.05) is 11.2 Å². The second-order valence-corrected chi connectivity index (χ2v) is 7.22. The van der Waals surface area contributed by atoms with E-state index < -0.39 is 11.6 Å². The summed E-state index contributed by atoms with van der Waals surface area (Å²) in [7, 11) is 0. The summed E-state index contributed by atoms with van der Waals surface area (Å²) in [5.41, 5.74) is -0.0227. The molecule has 1 aliphatic heterocycles. The number of anilines is 1. The minimum atomic E-state index is -0.608. The van der Waals surface area contributed by atoms with Crippen molar-refractivity contribution in [3.63, 3.8) is 0 Å². The maximum absolute atomic E-state index is 13.6. The van der Waals surface area contributed by atoms with E-state index in [1.807, 2.05) is 9.80 Å². The average Bonchev–Trinajstić information content (AvgIpc) is 3.10. The molecule has 1 aromatic heterocycles. The van der Waals surface area contributed by atoms with Crippen molar-refractivity contribution in [3.8, 4) is 0 Å². The smallest absolute Gasteiger partial charge is 0.239 e. The molecule has 10 heteroatoms. The zero-order chi connectivity index (χ0) is 21.5. The molecule has 2 heterocycles. The number of hydrogen-bond donors (Lipinski definition) is 2.